The second-order valence-corrected chi connectivity index (χ2v) is 5.16. The highest BCUT2D eigenvalue weighted by Crippen LogP contribution is 2.41. The van der Waals surface area contributed by atoms with Gasteiger partial charge in [-0.2, -0.15) is 0 Å². The molecule has 0 saturated carbocycles. The lowest BCUT2D eigenvalue weighted by molar-refractivity contribution is -0.0941. The number of hydrogen-bond donors (Lipinski definition) is 1. The van der Waals surface area contributed by atoms with Gasteiger partial charge in [0.25, 0.3) is 0 Å². The van der Waals surface area contributed by atoms with Crippen LogP contribution in [0.1, 0.15) is 19.3 Å². The molecule has 0 bridgehead atoms. The van der Waals surface area contributed by atoms with Crippen LogP contribution in [0.25, 0.3) is 0 Å². The third-order valence-corrected chi connectivity index (χ3v) is 4.18. The van der Waals surface area contributed by atoms with Crippen molar-refractivity contribution >= 4 is 0 Å². The van der Waals surface area contributed by atoms with Crippen molar-refractivity contribution in [3.63, 3.8) is 0 Å². The van der Waals surface area contributed by atoms with Crippen LogP contribution in [-0.2, 0) is 4.74 Å². The van der Waals surface area contributed by atoms with Crippen molar-refractivity contribution in [2.75, 3.05) is 39.4 Å². The van der Waals surface area contributed by atoms with Crippen LogP contribution in [0.3, 0.4) is 0 Å². The van der Waals surface area contributed by atoms with E-state index in [4.69, 9.17) is 4.74 Å². The van der Waals surface area contributed by atoms with Crippen LogP contribution < -0.4 is 5.32 Å². The summed E-state index contributed by atoms with van der Waals surface area (Å²) in [6.45, 7) is 7.10. The highest BCUT2D eigenvalue weighted by Gasteiger charge is 2.46. The lowest BCUT2D eigenvalue weighted by atomic mass is 9.72. The van der Waals surface area contributed by atoms with Gasteiger partial charge in [-0.05, 0) is 25.8 Å². The summed E-state index contributed by atoms with van der Waals surface area (Å²) in [5.74, 6) is 0. The summed E-state index contributed by atoms with van der Waals surface area (Å²) in [6.07, 6.45) is 3.94. The molecule has 3 aliphatic heterocycles. The van der Waals surface area contributed by atoms with Crippen molar-refractivity contribution in [1.82, 2.24) is 10.2 Å². The van der Waals surface area contributed by atoms with Crippen molar-refractivity contribution < 1.29 is 4.74 Å². The minimum Gasteiger partial charge on any atom is -0.381 e. The number of rotatable bonds is 1. The Labute approximate surface area is 85.8 Å². The molecule has 0 aromatic heterocycles. The summed E-state index contributed by atoms with van der Waals surface area (Å²) in [5, 5.41) is 3.45. The fourth-order valence-electron chi connectivity index (χ4n) is 3.15. The zero-order chi connectivity index (χ0) is 9.43. The van der Waals surface area contributed by atoms with Crippen molar-refractivity contribution in [2.45, 2.75) is 25.3 Å². The molecule has 0 unspecified atom stereocenters. The van der Waals surface area contributed by atoms with Gasteiger partial charge in [-0.15, -0.1) is 0 Å². The second kappa shape index (κ2) is 3.47. The standard InChI is InChI=1S/C11H20N2O/c1-4-12-7-10(1)13-8-11(9-13)2-5-14-6-3-11/h10,12H,1-9H2/t10-/m0/s1. The fourth-order valence-corrected chi connectivity index (χ4v) is 3.15. The molecule has 0 aliphatic carbocycles. The quantitative estimate of drug-likeness (QED) is 0.659. The van der Waals surface area contributed by atoms with Gasteiger partial charge in [0.15, 0.2) is 0 Å². The summed E-state index contributed by atoms with van der Waals surface area (Å²) in [5.41, 5.74) is 0.654. The van der Waals surface area contributed by atoms with Crippen LogP contribution in [0.15, 0.2) is 0 Å². The third-order valence-electron chi connectivity index (χ3n) is 4.18. The Bertz CT molecular complexity index is 199. The lowest BCUT2D eigenvalue weighted by Crippen LogP contribution is -2.61. The Hall–Kier alpha value is -0.120. The van der Waals surface area contributed by atoms with Crippen molar-refractivity contribution in [1.29, 1.82) is 0 Å². The van der Waals surface area contributed by atoms with E-state index in [-0.39, 0.29) is 0 Å². The van der Waals surface area contributed by atoms with E-state index in [0.29, 0.717) is 5.41 Å². The van der Waals surface area contributed by atoms with E-state index < -0.39 is 0 Å². The van der Waals surface area contributed by atoms with Gasteiger partial charge in [0.05, 0.1) is 0 Å². The van der Waals surface area contributed by atoms with E-state index >= 15 is 0 Å². The molecule has 3 heterocycles. The molecule has 1 atom stereocenters. The molecule has 1 spiro atoms. The van der Waals surface area contributed by atoms with E-state index in [9.17, 15) is 0 Å². The molecule has 0 radical (unpaired) electrons. The molecule has 80 valence electrons. The minimum absolute atomic E-state index is 0.654. The first-order chi connectivity index (χ1) is 6.88. The molecule has 3 nitrogen and oxygen atoms in total. The number of hydrogen-bond acceptors (Lipinski definition) is 3. The zero-order valence-electron chi connectivity index (χ0n) is 8.80. The van der Waals surface area contributed by atoms with Crippen LogP contribution in [0, 0.1) is 5.41 Å². The molecule has 0 aromatic rings. The lowest BCUT2D eigenvalue weighted by Gasteiger charge is -2.54. The number of ether oxygens (including phenoxy) is 1. The van der Waals surface area contributed by atoms with Gasteiger partial charge in [-0.3, -0.25) is 4.90 Å². The molecule has 3 fully saturated rings. The predicted molar refractivity (Wildman–Crippen MR) is 55.3 cm³/mol. The summed E-state index contributed by atoms with van der Waals surface area (Å²) in [7, 11) is 0. The first kappa shape index (κ1) is 9.13. The molecule has 3 heteroatoms. The average molecular weight is 196 g/mol. The summed E-state index contributed by atoms with van der Waals surface area (Å²) >= 11 is 0. The van der Waals surface area contributed by atoms with Crippen LogP contribution >= 0.6 is 0 Å². The van der Waals surface area contributed by atoms with E-state index in [1.165, 1.54) is 45.4 Å². The molecule has 14 heavy (non-hydrogen) atoms. The normalized spacial score (nSPS) is 37.3. The molecular weight excluding hydrogens is 176 g/mol. The molecule has 0 aromatic carbocycles. The van der Waals surface area contributed by atoms with E-state index in [2.05, 4.69) is 10.2 Å². The Morgan fingerprint density at radius 3 is 2.64 bits per heavy atom. The Morgan fingerprint density at radius 2 is 2.00 bits per heavy atom. The highest BCUT2D eigenvalue weighted by atomic mass is 16.5. The summed E-state index contributed by atoms with van der Waals surface area (Å²) in [4.78, 5) is 2.67. The molecule has 3 aliphatic rings. The van der Waals surface area contributed by atoms with Gasteiger partial charge in [0, 0.05) is 44.3 Å². The van der Waals surface area contributed by atoms with Crippen LogP contribution in [-0.4, -0.2) is 50.3 Å². The summed E-state index contributed by atoms with van der Waals surface area (Å²) < 4.78 is 5.43. The number of nitrogens with zero attached hydrogens (tertiary/aromatic N) is 1. The highest BCUT2D eigenvalue weighted by molar-refractivity contribution is 4.99. The minimum atomic E-state index is 0.654. The maximum atomic E-state index is 5.43. The molecule has 3 saturated heterocycles. The Kier molecular flexibility index (Phi) is 2.26. The fraction of sp³-hybridized carbons (Fsp3) is 1.00. The SMILES string of the molecule is C1C[C@H](N2CC3(CCOCC3)C2)CN1. The van der Waals surface area contributed by atoms with Crippen molar-refractivity contribution in [3.05, 3.63) is 0 Å². The average Bonchev–Trinajstić information content (AvgIpc) is 2.68. The maximum absolute atomic E-state index is 5.43. The molecule has 1 N–H and O–H groups in total. The van der Waals surface area contributed by atoms with Gasteiger partial charge in [-0.25, -0.2) is 0 Å². The Balaban J connectivity index is 1.53. The first-order valence-electron chi connectivity index (χ1n) is 5.91. The summed E-state index contributed by atoms with van der Waals surface area (Å²) in [6, 6.07) is 0.837. The largest absolute Gasteiger partial charge is 0.381 e. The topological polar surface area (TPSA) is 24.5 Å². The molecule has 3 rings (SSSR count). The van der Waals surface area contributed by atoms with Crippen LogP contribution in [0.5, 0.6) is 0 Å². The molecular formula is C11H20N2O. The van der Waals surface area contributed by atoms with E-state index in [1.807, 2.05) is 0 Å². The molecule has 0 amide bonds. The smallest absolute Gasteiger partial charge is 0.0472 e. The van der Waals surface area contributed by atoms with E-state index in [1.54, 1.807) is 0 Å². The van der Waals surface area contributed by atoms with Crippen LogP contribution in [0.4, 0.5) is 0 Å². The van der Waals surface area contributed by atoms with Gasteiger partial charge in [0.1, 0.15) is 0 Å². The van der Waals surface area contributed by atoms with Gasteiger partial charge in [-0.1, -0.05) is 0 Å². The second-order valence-electron chi connectivity index (χ2n) is 5.16. The van der Waals surface area contributed by atoms with Crippen molar-refractivity contribution in [3.8, 4) is 0 Å². The maximum Gasteiger partial charge on any atom is 0.0472 e. The Morgan fingerprint density at radius 1 is 1.21 bits per heavy atom. The number of likely N-dealkylation sites (tertiary alicyclic amines) is 1. The van der Waals surface area contributed by atoms with Gasteiger partial charge < -0.3 is 10.1 Å². The predicted octanol–water partition coefficient (Wildman–Crippen LogP) is 0.461. The first-order valence-corrected chi connectivity index (χ1v) is 5.91. The van der Waals surface area contributed by atoms with Gasteiger partial charge in [0.2, 0.25) is 0 Å². The van der Waals surface area contributed by atoms with Crippen molar-refractivity contribution in [2.24, 2.45) is 5.41 Å². The number of nitrogens with one attached hydrogen (secondary N) is 1. The van der Waals surface area contributed by atoms with Crippen LogP contribution in [0.2, 0.25) is 0 Å². The zero-order valence-corrected chi connectivity index (χ0v) is 8.80. The van der Waals surface area contributed by atoms with Gasteiger partial charge >= 0.3 is 0 Å². The van der Waals surface area contributed by atoms with E-state index in [0.717, 1.165) is 19.3 Å². The monoisotopic (exact) mass is 196 g/mol. The third kappa shape index (κ3) is 1.47.